The summed E-state index contributed by atoms with van der Waals surface area (Å²) < 4.78 is 19.3. The van der Waals surface area contributed by atoms with Crippen molar-refractivity contribution in [3.8, 4) is 11.5 Å². The molecule has 2 atom stereocenters. The van der Waals surface area contributed by atoms with E-state index in [2.05, 4.69) is 119 Å². The Labute approximate surface area is 222 Å². The van der Waals surface area contributed by atoms with Crippen LogP contribution < -0.4 is 10.4 Å². The fourth-order valence-corrected chi connectivity index (χ4v) is 10.2. The quantitative estimate of drug-likeness (QED) is 0.297. The molecule has 1 heterocycles. The predicted octanol–water partition coefficient (Wildman–Crippen LogP) is 6.03. The molecule has 0 radical (unpaired) electrons. The van der Waals surface area contributed by atoms with Gasteiger partial charge in [-0.15, -0.1) is 5.54 Å². The van der Waals surface area contributed by atoms with Crippen LogP contribution in [0, 0.1) is 17.4 Å². The van der Waals surface area contributed by atoms with Gasteiger partial charge in [0.05, 0.1) is 6.10 Å². The molecular weight excluding hydrogens is 477 g/mol. The molecule has 0 amide bonds. The van der Waals surface area contributed by atoms with Crippen LogP contribution in [0.15, 0.2) is 60.7 Å². The summed E-state index contributed by atoms with van der Waals surface area (Å²) in [6, 6.07) is 21.8. The molecule has 0 N–H and O–H groups in total. The molecule has 1 aliphatic rings. The van der Waals surface area contributed by atoms with Gasteiger partial charge in [0, 0.05) is 19.8 Å². The van der Waals surface area contributed by atoms with Crippen LogP contribution in [-0.2, 0) is 13.9 Å². The summed E-state index contributed by atoms with van der Waals surface area (Å²) in [5, 5.41) is 2.62. The highest BCUT2D eigenvalue weighted by Crippen LogP contribution is 2.37. The Morgan fingerprint density at radius 1 is 0.917 bits per heavy atom. The van der Waals surface area contributed by atoms with Gasteiger partial charge < -0.3 is 13.9 Å². The van der Waals surface area contributed by atoms with Gasteiger partial charge in [-0.25, -0.2) is 0 Å². The van der Waals surface area contributed by atoms with Crippen LogP contribution in [0.5, 0.6) is 0 Å². The second kappa shape index (κ2) is 12.7. The van der Waals surface area contributed by atoms with Crippen LogP contribution in [0.3, 0.4) is 0 Å². The van der Waals surface area contributed by atoms with Crippen molar-refractivity contribution in [2.75, 3.05) is 19.8 Å². The number of ether oxygens (including phenoxy) is 2. The molecule has 0 bridgehead atoms. The molecule has 2 aromatic carbocycles. The zero-order valence-corrected chi connectivity index (χ0v) is 25.5. The van der Waals surface area contributed by atoms with E-state index in [1.54, 1.807) is 0 Å². The smallest absolute Gasteiger partial charge is 0.261 e. The van der Waals surface area contributed by atoms with Crippen molar-refractivity contribution in [3.05, 3.63) is 60.7 Å². The average Bonchev–Trinajstić information content (AvgIpc) is 2.84. The molecule has 1 saturated heterocycles. The van der Waals surface area contributed by atoms with E-state index in [-0.39, 0.29) is 17.2 Å². The van der Waals surface area contributed by atoms with Crippen LogP contribution in [0.2, 0.25) is 24.7 Å². The zero-order chi connectivity index (χ0) is 26.2. The van der Waals surface area contributed by atoms with Gasteiger partial charge in [-0.05, 0) is 40.6 Å². The molecule has 36 heavy (non-hydrogen) atoms. The highest BCUT2D eigenvalue weighted by atomic mass is 28.4. The minimum absolute atomic E-state index is 0.0228. The van der Waals surface area contributed by atoms with Gasteiger partial charge in [-0.1, -0.05) is 114 Å². The summed E-state index contributed by atoms with van der Waals surface area (Å²) in [6.07, 6.45) is 2.98. The van der Waals surface area contributed by atoms with Crippen LogP contribution in [-0.4, -0.2) is 48.4 Å². The monoisotopic (exact) mass is 522 g/mol. The third-order valence-electron chi connectivity index (χ3n) is 6.75. The fourth-order valence-electron chi connectivity index (χ4n) is 4.95. The molecule has 5 heteroatoms. The normalized spacial score (nSPS) is 17.2. The lowest BCUT2D eigenvalue weighted by Crippen LogP contribution is -2.66. The Hall–Kier alpha value is -1.69. The second-order valence-corrected chi connectivity index (χ2v) is 21.3. The van der Waals surface area contributed by atoms with Gasteiger partial charge >= 0.3 is 0 Å². The molecule has 1 fully saturated rings. The standard InChI is InChI=1S/C31H46O3Si2/c1-26(24-28(20-23-35(5,6)7)34-27-18-21-32-22-19-27)25-33-36(31(2,3)4,29-14-10-8-11-15-29)30-16-12-9-13-17-30/h8-17,26-28H,18-19,21-22,24-25H2,1-7H3/t26-,28?/m0/s1. The van der Waals surface area contributed by atoms with Crippen molar-refractivity contribution in [1.29, 1.82) is 0 Å². The lowest BCUT2D eigenvalue weighted by Gasteiger charge is -2.43. The molecule has 3 nitrogen and oxygen atoms in total. The Morgan fingerprint density at radius 2 is 1.44 bits per heavy atom. The van der Waals surface area contributed by atoms with Gasteiger partial charge in [0.15, 0.2) is 0 Å². The van der Waals surface area contributed by atoms with Crippen molar-refractivity contribution in [1.82, 2.24) is 0 Å². The summed E-state index contributed by atoms with van der Waals surface area (Å²) in [5.74, 6) is 3.86. The number of benzene rings is 2. The second-order valence-electron chi connectivity index (χ2n) is 12.3. The first-order valence-electron chi connectivity index (χ1n) is 13.5. The summed E-state index contributed by atoms with van der Waals surface area (Å²) in [7, 11) is -4.03. The fraction of sp³-hybridized carbons (Fsp3) is 0.548. The van der Waals surface area contributed by atoms with Gasteiger partial charge in [-0.2, -0.15) is 0 Å². The lowest BCUT2D eigenvalue weighted by molar-refractivity contribution is -0.0567. The summed E-state index contributed by atoms with van der Waals surface area (Å²) in [4.78, 5) is 0. The molecule has 196 valence electrons. The molecule has 0 spiro atoms. The van der Waals surface area contributed by atoms with E-state index in [0.717, 1.165) is 32.5 Å². The van der Waals surface area contributed by atoms with Crippen molar-refractivity contribution >= 4 is 26.8 Å². The van der Waals surface area contributed by atoms with Crippen molar-refractivity contribution < 1.29 is 13.9 Å². The molecule has 0 aliphatic carbocycles. The maximum atomic E-state index is 7.19. The van der Waals surface area contributed by atoms with Gasteiger partial charge in [0.1, 0.15) is 14.2 Å². The molecule has 3 rings (SSSR count). The molecule has 1 unspecified atom stereocenters. The van der Waals surface area contributed by atoms with Gasteiger partial charge in [-0.3, -0.25) is 0 Å². The van der Waals surface area contributed by atoms with Gasteiger partial charge in [0.25, 0.3) is 8.32 Å². The zero-order valence-electron chi connectivity index (χ0n) is 23.5. The number of hydrogen-bond donors (Lipinski definition) is 0. The Morgan fingerprint density at radius 3 is 1.92 bits per heavy atom. The molecule has 0 aromatic heterocycles. The lowest BCUT2D eigenvalue weighted by atomic mass is 10.0. The molecule has 1 aliphatic heterocycles. The Kier molecular flexibility index (Phi) is 10.2. The van der Waals surface area contributed by atoms with E-state index in [1.807, 2.05) is 0 Å². The number of rotatable bonds is 9. The minimum atomic E-state index is -2.54. The SMILES string of the molecule is C[C@H](CO[Si](c1ccccc1)(c1ccccc1)C(C)(C)C)CC(C#C[Si](C)(C)C)OC1CCOCC1. The van der Waals surface area contributed by atoms with Crippen LogP contribution in [0.1, 0.15) is 47.0 Å². The maximum absolute atomic E-state index is 7.19. The van der Waals surface area contributed by atoms with Crippen LogP contribution in [0.25, 0.3) is 0 Å². The van der Waals surface area contributed by atoms with E-state index < -0.39 is 16.4 Å². The third-order valence-corrected chi connectivity index (χ3v) is 12.6. The summed E-state index contributed by atoms with van der Waals surface area (Å²) in [5.41, 5.74) is 3.57. The van der Waals surface area contributed by atoms with E-state index >= 15 is 0 Å². The summed E-state index contributed by atoms with van der Waals surface area (Å²) >= 11 is 0. The first-order valence-corrected chi connectivity index (χ1v) is 18.9. The molecule has 2 aromatic rings. The van der Waals surface area contributed by atoms with E-state index in [9.17, 15) is 0 Å². The maximum Gasteiger partial charge on any atom is 0.261 e. The third kappa shape index (κ3) is 7.90. The van der Waals surface area contributed by atoms with E-state index in [1.165, 1.54) is 10.4 Å². The highest BCUT2D eigenvalue weighted by Gasteiger charge is 2.50. The minimum Gasteiger partial charge on any atom is -0.407 e. The topological polar surface area (TPSA) is 27.7 Å². The first kappa shape index (κ1) is 28.9. The molecule has 0 saturated carbocycles. The van der Waals surface area contributed by atoms with Gasteiger partial charge in [0.2, 0.25) is 0 Å². The van der Waals surface area contributed by atoms with Crippen LogP contribution >= 0.6 is 0 Å². The average molecular weight is 523 g/mol. The Bertz CT molecular complexity index is 938. The van der Waals surface area contributed by atoms with Crippen molar-refractivity contribution in [2.45, 2.75) is 83.8 Å². The van der Waals surface area contributed by atoms with Crippen LogP contribution in [0.4, 0.5) is 0 Å². The largest absolute Gasteiger partial charge is 0.407 e. The van der Waals surface area contributed by atoms with Crippen molar-refractivity contribution in [2.24, 2.45) is 5.92 Å². The first-order chi connectivity index (χ1) is 17.0. The molecular formula is C31H46O3Si2. The van der Waals surface area contributed by atoms with E-state index in [4.69, 9.17) is 13.9 Å². The number of hydrogen-bond acceptors (Lipinski definition) is 3. The van der Waals surface area contributed by atoms with Crippen molar-refractivity contribution in [3.63, 3.8) is 0 Å². The van der Waals surface area contributed by atoms with E-state index in [0.29, 0.717) is 12.5 Å². The predicted molar refractivity (Wildman–Crippen MR) is 157 cm³/mol. The highest BCUT2D eigenvalue weighted by molar-refractivity contribution is 6.99. The summed E-state index contributed by atoms with van der Waals surface area (Å²) in [6.45, 7) is 18.4. The Balaban J connectivity index is 1.84.